The number of hydrogen-bond acceptors (Lipinski definition) is 2. The quantitative estimate of drug-likeness (QED) is 0.723. The molecule has 2 rings (SSSR count). The van der Waals surface area contributed by atoms with E-state index in [0.717, 1.165) is 38.4 Å². The van der Waals surface area contributed by atoms with Crippen LogP contribution < -0.4 is 0 Å². The molecular weight excluding hydrogens is 210 g/mol. The molecule has 0 aromatic rings. The number of ether oxygens (including phenoxy) is 1. The van der Waals surface area contributed by atoms with Crippen LogP contribution in [-0.4, -0.2) is 13.2 Å². The molecule has 1 aliphatic carbocycles. The highest BCUT2D eigenvalue weighted by molar-refractivity contribution is 5.00. The Hall–Kier alpha value is -0.550. The molecule has 0 aromatic heterocycles. The minimum absolute atomic E-state index is 0.00241. The summed E-state index contributed by atoms with van der Waals surface area (Å²) in [4.78, 5) is 0. The summed E-state index contributed by atoms with van der Waals surface area (Å²) in [6.07, 6.45) is 12.3. The molecule has 2 aliphatic rings. The highest BCUT2D eigenvalue weighted by Crippen LogP contribution is 2.41. The van der Waals surface area contributed by atoms with Gasteiger partial charge < -0.3 is 4.74 Å². The van der Waals surface area contributed by atoms with Crippen LogP contribution in [0.2, 0.25) is 0 Å². The molecule has 2 nitrogen and oxygen atoms in total. The molecule has 1 saturated heterocycles. The summed E-state index contributed by atoms with van der Waals surface area (Å²) in [5, 5.41) is 9.61. The van der Waals surface area contributed by atoms with Crippen LogP contribution >= 0.6 is 0 Å². The largest absolute Gasteiger partial charge is 0.381 e. The van der Waals surface area contributed by atoms with Gasteiger partial charge in [-0.15, -0.1) is 0 Å². The topological polar surface area (TPSA) is 33.0 Å². The molecule has 0 bridgehead atoms. The van der Waals surface area contributed by atoms with Crippen molar-refractivity contribution >= 4 is 0 Å². The Kier molecular flexibility index (Phi) is 4.86. The van der Waals surface area contributed by atoms with Gasteiger partial charge in [0.05, 0.1) is 11.5 Å². The van der Waals surface area contributed by atoms with Crippen molar-refractivity contribution < 1.29 is 4.74 Å². The maximum Gasteiger partial charge on any atom is 0.0689 e. The molecule has 1 aliphatic heterocycles. The summed E-state index contributed by atoms with van der Waals surface area (Å²) >= 11 is 0. The first-order valence-electron chi connectivity index (χ1n) is 7.34. The first kappa shape index (κ1) is 12.9. The molecule has 0 radical (unpaired) electrons. The van der Waals surface area contributed by atoms with Gasteiger partial charge in [-0.05, 0) is 38.0 Å². The molecule has 0 aromatic carbocycles. The smallest absolute Gasteiger partial charge is 0.0689 e. The van der Waals surface area contributed by atoms with Gasteiger partial charge in [-0.2, -0.15) is 5.26 Å². The summed E-state index contributed by atoms with van der Waals surface area (Å²) in [5.74, 6) is 0.739. The molecular formula is C15H25NO. The van der Waals surface area contributed by atoms with E-state index in [9.17, 15) is 5.26 Å². The van der Waals surface area contributed by atoms with Gasteiger partial charge >= 0.3 is 0 Å². The van der Waals surface area contributed by atoms with Crippen LogP contribution in [0.4, 0.5) is 0 Å². The number of nitriles is 1. The van der Waals surface area contributed by atoms with Gasteiger partial charge in [0, 0.05) is 13.2 Å². The Morgan fingerprint density at radius 3 is 2.18 bits per heavy atom. The van der Waals surface area contributed by atoms with Crippen molar-refractivity contribution in [1.29, 1.82) is 5.26 Å². The molecule has 0 spiro atoms. The predicted octanol–water partition coefficient (Wildman–Crippen LogP) is 4.06. The fraction of sp³-hybridized carbons (Fsp3) is 0.933. The molecule has 0 unspecified atom stereocenters. The van der Waals surface area contributed by atoms with Gasteiger partial charge in [-0.3, -0.25) is 0 Å². The molecule has 1 saturated carbocycles. The van der Waals surface area contributed by atoms with Crippen LogP contribution in [0, 0.1) is 22.7 Å². The zero-order valence-corrected chi connectivity index (χ0v) is 10.9. The number of hydrogen-bond donors (Lipinski definition) is 0. The molecule has 0 N–H and O–H groups in total. The Balaban J connectivity index is 1.93. The third-order valence-corrected chi connectivity index (χ3v) is 4.57. The van der Waals surface area contributed by atoms with E-state index in [0.29, 0.717) is 0 Å². The molecule has 1 heterocycles. The van der Waals surface area contributed by atoms with E-state index in [4.69, 9.17) is 4.74 Å². The summed E-state index contributed by atoms with van der Waals surface area (Å²) in [5.41, 5.74) is 0.00241. The number of nitrogens with zero attached hydrogens (tertiary/aromatic N) is 1. The maximum absolute atomic E-state index is 9.61. The molecule has 2 fully saturated rings. The summed E-state index contributed by atoms with van der Waals surface area (Å²) < 4.78 is 5.42. The second-order valence-electron chi connectivity index (χ2n) is 5.92. The third kappa shape index (κ3) is 3.71. The Labute approximate surface area is 105 Å². The maximum atomic E-state index is 9.61. The SMILES string of the molecule is N#CC1(CC2CCOCC2)CCCCCCC1. The van der Waals surface area contributed by atoms with Gasteiger partial charge in [0.2, 0.25) is 0 Å². The zero-order valence-electron chi connectivity index (χ0n) is 10.9. The lowest BCUT2D eigenvalue weighted by Gasteiger charge is -2.33. The van der Waals surface area contributed by atoms with Gasteiger partial charge in [-0.25, -0.2) is 0 Å². The average Bonchev–Trinajstić information content (AvgIpc) is 2.34. The second kappa shape index (κ2) is 6.40. The first-order chi connectivity index (χ1) is 8.35. The lowest BCUT2D eigenvalue weighted by atomic mass is 9.70. The normalized spacial score (nSPS) is 26.8. The Morgan fingerprint density at radius 1 is 1.00 bits per heavy atom. The van der Waals surface area contributed by atoms with Gasteiger partial charge in [0.25, 0.3) is 0 Å². The summed E-state index contributed by atoms with van der Waals surface area (Å²) in [6.45, 7) is 1.82. The Bertz CT molecular complexity index is 255. The van der Waals surface area contributed by atoms with Crippen LogP contribution in [0.15, 0.2) is 0 Å². The van der Waals surface area contributed by atoms with Gasteiger partial charge in [0.15, 0.2) is 0 Å². The zero-order chi connectivity index (χ0) is 12.0. The van der Waals surface area contributed by atoms with Crippen molar-refractivity contribution in [2.75, 3.05) is 13.2 Å². The van der Waals surface area contributed by atoms with Crippen LogP contribution in [0.3, 0.4) is 0 Å². The van der Waals surface area contributed by atoms with Crippen LogP contribution in [-0.2, 0) is 4.74 Å². The van der Waals surface area contributed by atoms with Crippen LogP contribution in [0.25, 0.3) is 0 Å². The van der Waals surface area contributed by atoms with E-state index in [-0.39, 0.29) is 5.41 Å². The van der Waals surface area contributed by atoms with Crippen molar-refractivity contribution in [3.8, 4) is 6.07 Å². The van der Waals surface area contributed by atoms with Crippen molar-refractivity contribution in [2.45, 2.75) is 64.2 Å². The highest BCUT2D eigenvalue weighted by Gasteiger charge is 2.33. The van der Waals surface area contributed by atoms with Crippen molar-refractivity contribution in [2.24, 2.45) is 11.3 Å². The van der Waals surface area contributed by atoms with Crippen molar-refractivity contribution in [3.63, 3.8) is 0 Å². The third-order valence-electron chi connectivity index (χ3n) is 4.57. The highest BCUT2D eigenvalue weighted by atomic mass is 16.5. The van der Waals surface area contributed by atoms with E-state index in [2.05, 4.69) is 6.07 Å². The summed E-state index contributed by atoms with van der Waals surface area (Å²) in [7, 11) is 0. The Morgan fingerprint density at radius 2 is 1.59 bits per heavy atom. The minimum atomic E-state index is 0.00241. The van der Waals surface area contributed by atoms with Crippen LogP contribution in [0.5, 0.6) is 0 Å². The van der Waals surface area contributed by atoms with Crippen molar-refractivity contribution in [3.05, 3.63) is 0 Å². The molecule has 96 valence electrons. The average molecular weight is 235 g/mol. The fourth-order valence-corrected chi connectivity index (χ4v) is 3.45. The molecule has 0 atom stereocenters. The van der Waals surface area contributed by atoms with E-state index in [1.807, 2.05) is 0 Å². The van der Waals surface area contributed by atoms with Gasteiger partial charge in [0.1, 0.15) is 0 Å². The minimum Gasteiger partial charge on any atom is -0.381 e. The van der Waals surface area contributed by atoms with Crippen LogP contribution in [0.1, 0.15) is 64.2 Å². The second-order valence-corrected chi connectivity index (χ2v) is 5.92. The monoisotopic (exact) mass is 235 g/mol. The van der Waals surface area contributed by atoms with E-state index >= 15 is 0 Å². The van der Waals surface area contributed by atoms with Gasteiger partial charge in [-0.1, -0.05) is 32.1 Å². The predicted molar refractivity (Wildman–Crippen MR) is 68.5 cm³/mol. The molecule has 2 heteroatoms. The summed E-state index contributed by atoms with van der Waals surface area (Å²) in [6, 6.07) is 2.69. The van der Waals surface area contributed by atoms with E-state index in [1.165, 1.54) is 44.9 Å². The standard InChI is InChI=1S/C15H25NO/c16-13-15(8-4-2-1-3-5-9-15)12-14-6-10-17-11-7-14/h14H,1-12H2. The lowest BCUT2D eigenvalue weighted by molar-refractivity contribution is 0.0501. The fourth-order valence-electron chi connectivity index (χ4n) is 3.45. The number of rotatable bonds is 2. The molecule has 0 amide bonds. The van der Waals surface area contributed by atoms with E-state index in [1.54, 1.807) is 0 Å². The van der Waals surface area contributed by atoms with E-state index < -0.39 is 0 Å². The molecule has 17 heavy (non-hydrogen) atoms. The first-order valence-corrected chi connectivity index (χ1v) is 7.34. The lowest BCUT2D eigenvalue weighted by Crippen LogP contribution is -2.27. The van der Waals surface area contributed by atoms with Crippen molar-refractivity contribution in [1.82, 2.24) is 0 Å².